The van der Waals surface area contributed by atoms with Gasteiger partial charge in [0.1, 0.15) is 23.5 Å². The molecule has 5 nitrogen and oxygen atoms in total. The summed E-state index contributed by atoms with van der Waals surface area (Å²) < 4.78 is 15.4. The third-order valence-electron chi connectivity index (χ3n) is 3.79. The molecule has 3 rings (SSSR count). The zero-order valence-electron chi connectivity index (χ0n) is 11.8. The molecule has 0 bridgehead atoms. The first kappa shape index (κ1) is 13.7. The Bertz CT molecular complexity index is 701. The summed E-state index contributed by atoms with van der Waals surface area (Å²) in [5.74, 6) is 1.50. The van der Waals surface area contributed by atoms with Crippen molar-refractivity contribution in [1.29, 1.82) is 5.26 Å². The number of benzene rings is 1. The topological polar surface area (TPSA) is 66.5 Å². The number of fused-ring (bicyclic) bond motifs is 1. The van der Waals surface area contributed by atoms with E-state index in [9.17, 15) is 4.39 Å². The molecular weight excluding hydrogens is 269 g/mol. The summed E-state index contributed by atoms with van der Waals surface area (Å²) in [6.07, 6.45) is 2.11. The molecule has 1 aromatic heterocycles. The number of halogens is 1. The standard InChI is InChI=1S/C15H16FN5/c1-10(15-20-19-14-3-2-6-21(14)15)18-9-11-4-5-13(16)12(7-11)8-17/h4-5,7,10,18H,2-3,6,9H2,1H3. The zero-order valence-corrected chi connectivity index (χ0v) is 11.8. The molecule has 0 spiro atoms. The van der Waals surface area contributed by atoms with E-state index in [1.54, 1.807) is 12.1 Å². The molecule has 1 N–H and O–H groups in total. The van der Waals surface area contributed by atoms with Gasteiger partial charge >= 0.3 is 0 Å². The van der Waals surface area contributed by atoms with E-state index in [2.05, 4.69) is 20.1 Å². The molecule has 6 heteroatoms. The summed E-state index contributed by atoms with van der Waals surface area (Å²) in [6.45, 7) is 3.56. The zero-order chi connectivity index (χ0) is 14.8. The molecule has 0 aliphatic carbocycles. The summed E-state index contributed by atoms with van der Waals surface area (Å²) in [4.78, 5) is 0. The van der Waals surface area contributed by atoms with E-state index in [0.29, 0.717) is 6.54 Å². The van der Waals surface area contributed by atoms with Crippen molar-refractivity contribution in [1.82, 2.24) is 20.1 Å². The van der Waals surface area contributed by atoms with Crippen LogP contribution in [0, 0.1) is 17.1 Å². The second-order valence-corrected chi connectivity index (χ2v) is 5.26. The van der Waals surface area contributed by atoms with Crippen molar-refractivity contribution in [2.24, 2.45) is 0 Å². The minimum atomic E-state index is -0.482. The van der Waals surface area contributed by atoms with Crippen LogP contribution in [0.25, 0.3) is 0 Å². The molecule has 108 valence electrons. The molecule has 0 saturated heterocycles. The highest BCUT2D eigenvalue weighted by molar-refractivity contribution is 5.34. The second kappa shape index (κ2) is 5.62. The fraction of sp³-hybridized carbons (Fsp3) is 0.400. The van der Waals surface area contributed by atoms with E-state index in [0.717, 1.165) is 36.6 Å². The fourth-order valence-electron chi connectivity index (χ4n) is 2.62. The van der Waals surface area contributed by atoms with Crippen LogP contribution in [0.1, 0.15) is 42.2 Å². The largest absolute Gasteiger partial charge is 0.314 e. The molecule has 2 heterocycles. The monoisotopic (exact) mass is 285 g/mol. The Balaban J connectivity index is 1.68. The molecular formula is C15H16FN5. The number of rotatable bonds is 4. The van der Waals surface area contributed by atoms with Gasteiger partial charge in [-0.3, -0.25) is 0 Å². The van der Waals surface area contributed by atoms with Crippen molar-refractivity contribution in [3.8, 4) is 6.07 Å². The lowest BCUT2D eigenvalue weighted by atomic mass is 10.1. The Kier molecular flexibility index (Phi) is 3.67. The van der Waals surface area contributed by atoms with Crippen molar-refractivity contribution in [2.75, 3.05) is 0 Å². The molecule has 1 unspecified atom stereocenters. The van der Waals surface area contributed by atoms with Crippen LogP contribution < -0.4 is 5.32 Å². The summed E-state index contributed by atoms with van der Waals surface area (Å²) in [5.41, 5.74) is 0.950. The van der Waals surface area contributed by atoms with Gasteiger partial charge in [-0.15, -0.1) is 10.2 Å². The molecule has 2 aromatic rings. The van der Waals surface area contributed by atoms with Gasteiger partial charge in [-0.25, -0.2) is 4.39 Å². The third kappa shape index (κ3) is 2.65. The van der Waals surface area contributed by atoms with E-state index in [-0.39, 0.29) is 11.6 Å². The van der Waals surface area contributed by atoms with Crippen molar-refractivity contribution in [2.45, 2.75) is 38.9 Å². The van der Waals surface area contributed by atoms with Crippen LogP contribution in [0.5, 0.6) is 0 Å². The first-order valence-electron chi connectivity index (χ1n) is 7.03. The third-order valence-corrected chi connectivity index (χ3v) is 3.79. The van der Waals surface area contributed by atoms with E-state index < -0.39 is 5.82 Å². The summed E-state index contributed by atoms with van der Waals surface area (Å²) in [5, 5.41) is 20.6. The maximum absolute atomic E-state index is 13.3. The number of nitrogens with zero attached hydrogens (tertiary/aromatic N) is 4. The smallest absolute Gasteiger partial charge is 0.149 e. The summed E-state index contributed by atoms with van der Waals surface area (Å²) >= 11 is 0. The first-order valence-corrected chi connectivity index (χ1v) is 7.03. The van der Waals surface area contributed by atoms with Gasteiger partial charge < -0.3 is 9.88 Å². The van der Waals surface area contributed by atoms with Gasteiger partial charge in [-0.1, -0.05) is 6.07 Å². The van der Waals surface area contributed by atoms with Crippen molar-refractivity contribution < 1.29 is 4.39 Å². The Morgan fingerprint density at radius 2 is 2.33 bits per heavy atom. The minimum Gasteiger partial charge on any atom is -0.314 e. The molecule has 1 aliphatic heterocycles. The average Bonchev–Trinajstić information content (AvgIpc) is 3.08. The lowest BCUT2D eigenvalue weighted by Gasteiger charge is -2.14. The Labute approximate surface area is 122 Å². The molecule has 21 heavy (non-hydrogen) atoms. The van der Waals surface area contributed by atoms with E-state index in [4.69, 9.17) is 5.26 Å². The molecule has 0 radical (unpaired) electrons. The number of nitrogens with one attached hydrogen (secondary N) is 1. The highest BCUT2D eigenvalue weighted by atomic mass is 19.1. The predicted octanol–water partition coefficient (Wildman–Crippen LogP) is 2.09. The maximum Gasteiger partial charge on any atom is 0.149 e. The van der Waals surface area contributed by atoms with Crippen LogP contribution in [-0.4, -0.2) is 14.8 Å². The second-order valence-electron chi connectivity index (χ2n) is 5.26. The Morgan fingerprint density at radius 1 is 1.48 bits per heavy atom. The van der Waals surface area contributed by atoms with Crippen LogP contribution >= 0.6 is 0 Å². The fourth-order valence-corrected chi connectivity index (χ4v) is 2.62. The van der Waals surface area contributed by atoms with E-state index >= 15 is 0 Å². The van der Waals surface area contributed by atoms with Crippen LogP contribution in [0.4, 0.5) is 4.39 Å². The molecule has 0 saturated carbocycles. The van der Waals surface area contributed by atoms with Crippen LogP contribution in [0.3, 0.4) is 0 Å². The maximum atomic E-state index is 13.3. The van der Waals surface area contributed by atoms with Gasteiger partial charge in [0, 0.05) is 19.5 Å². The number of hydrogen-bond acceptors (Lipinski definition) is 4. The molecule has 0 amide bonds. The molecule has 1 aromatic carbocycles. The Hall–Kier alpha value is -2.26. The lowest BCUT2D eigenvalue weighted by Crippen LogP contribution is -2.21. The molecule has 1 aliphatic rings. The quantitative estimate of drug-likeness (QED) is 0.934. The lowest BCUT2D eigenvalue weighted by molar-refractivity contribution is 0.515. The van der Waals surface area contributed by atoms with Gasteiger partial charge in [-0.05, 0) is 31.0 Å². The number of hydrogen-bond donors (Lipinski definition) is 1. The van der Waals surface area contributed by atoms with Gasteiger partial charge in [0.2, 0.25) is 0 Å². The van der Waals surface area contributed by atoms with Crippen molar-refractivity contribution >= 4 is 0 Å². The number of nitriles is 1. The highest BCUT2D eigenvalue weighted by Crippen LogP contribution is 2.19. The van der Waals surface area contributed by atoms with Gasteiger partial charge in [0.25, 0.3) is 0 Å². The van der Waals surface area contributed by atoms with Crippen LogP contribution in [0.15, 0.2) is 18.2 Å². The van der Waals surface area contributed by atoms with Gasteiger partial charge in [0.05, 0.1) is 11.6 Å². The number of aryl methyl sites for hydroxylation is 1. The Morgan fingerprint density at radius 3 is 3.14 bits per heavy atom. The highest BCUT2D eigenvalue weighted by Gasteiger charge is 2.20. The molecule has 1 atom stereocenters. The number of aromatic nitrogens is 3. The minimum absolute atomic E-state index is 0.0555. The van der Waals surface area contributed by atoms with Crippen LogP contribution in [0.2, 0.25) is 0 Å². The van der Waals surface area contributed by atoms with E-state index in [1.807, 2.05) is 13.0 Å². The predicted molar refractivity (Wildman–Crippen MR) is 74.7 cm³/mol. The van der Waals surface area contributed by atoms with Gasteiger partial charge in [0.15, 0.2) is 0 Å². The first-order chi connectivity index (χ1) is 10.2. The van der Waals surface area contributed by atoms with Gasteiger partial charge in [-0.2, -0.15) is 5.26 Å². The van der Waals surface area contributed by atoms with Crippen molar-refractivity contribution in [3.63, 3.8) is 0 Å². The SMILES string of the molecule is CC(NCc1ccc(F)c(C#N)c1)c1nnc2n1CCC2. The van der Waals surface area contributed by atoms with Crippen molar-refractivity contribution in [3.05, 3.63) is 46.8 Å². The van der Waals surface area contributed by atoms with E-state index in [1.165, 1.54) is 6.07 Å². The summed E-state index contributed by atoms with van der Waals surface area (Å²) in [6, 6.07) is 6.50. The van der Waals surface area contributed by atoms with Crippen LogP contribution in [-0.2, 0) is 19.5 Å². The summed E-state index contributed by atoms with van der Waals surface area (Å²) in [7, 11) is 0. The molecule has 0 fully saturated rings. The average molecular weight is 285 g/mol. The normalized spacial score (nSPS) is 14.7.